The second-order valence-electron chi connectivity index (χ2n) is 4.40. The van der Waals surface area contributed by atoms with E-state index in [0.717, 1.165) is 11.6 Å². The fourth-order valence-electron chi connectivity index (χ4n) is 1.95. The first-order valence-electron chi connectivity index (χ1n) is 6.29. The molecule has 5 nitrogen and oxygen atoms in total. The third-order valence-electron chi connectivity index (χ3n) is 3.00. The summed E-state index contributed by atoms with van der Waals surface area (Å²) in [4.78, 5) is 10.7. The van der Waals surface area contributed by atoms with Crippen LogP contribution in [0, 0.1) is 0 Å². The lowest BCUT2D eigenvalue weighted by atomic mass is 10.1. The zero-order chi connectivity index (χ0) is 15.4. The van der Waals surface area contributed by atoms with Crippen molar-refractivity contribution in [3.8, 4) is 22.8 Å². The van der Waals surface area contributed by atoms with Crippen LogP contribution < -0.4 is 9.47 Å². The molecule has 0 aliphatic rings. The van der Waals surface area contributed by atoms with E-state index in [-0.39, 0.29) is 0 Å². The van der Waals surface area contributed by atoms with Gasteiger partial charge in [-0.25, -0.2) is 4.79 Å². The number of carboxylic acids is 1. The summed E-state index contributed by atoms with van der Waals surface area (Å²) in [5.41, 5.74) is 1.37. The quantitative estimate of drug-likeness (QED) is 0.853. The van der Waals surface area contributed by atoms with Crippen LogP contribution in [0.15, 0.2) is 40.8 Å². The molecule has 21 heavy (non-hydrogen) atoms. The standard InChI is InChI=1S/C16H16O5/c1-10(8-16(17)18)12-6-7-13(21-12)11-4-5-14(19-2)15(9-11)20-3/h4-9H,1-3H3,(H,17,18)/b10-8+. The molecule has 0 atom stereocenters. The molecule has 1 aromatic carbocycles. The van der Waals surface area contributed by atoms with Crippen LogP contribution in [0.4, 0.5) is 0 Å². The second-order valence-corrected chi connectivity index (χ2v) is 4.40. The summed E-state index contributed by atoms with van der Waals surface area (Å²) in [6.07, 6.45) is 1.11. The fourth-order valence-corrected chi connectivity index (χ4v) is 1.95. The highest BCUT2D eigenvalue weighted by Crippen LogP contribution is 2.33. The first-order valence-corrected chi connectivity index (χ1v) is 6.29. The highest BCUT2D eigenvalue weighted by molar-refractivity contribution is 5.88. The molecule has 2 rings (SSSR count). The van der Waals surface area contributed by atoms with E-state index in [9.17, 15) is 4.79 Å². The number of methoxy groups -OCH3 is 2. The zero-order valence-corrected chi connectivity index (χ0v) is 12.0. The van der Waals surface area contributed by atoms with E-state index in [0.29, 0.717) is 28.6 Å². The van der Waals surface area contributed by atoms with Crippen molar-refractivity contribution in [1.82, 2.24) is 0 Å². The lowest BCUT2D eigenvalue weighted by molar-refractivity contribution is -0.131. The van der Waals surface area contributed by atoms with E-state index < -0.39 is 5.97 Å². The average Bonchev–Trinajstić information content (AvgIpc) is 2.95. The summed E-state index contributed by atoms with van der Waals surface area (Å²) < 4.78 is 16.1. The molecule has 0 spiro atoms. The number of benzene rings is 1. The summed E-state index contributed by atoms with van der Waals surface area (Å²) in [5, 5.41) is 8.75. The molecule has 0 fully saturated rings. The minimum Gasteiger partial charge on any atom is -0.493 e. The van der Waals surface area contributed by atoms with Crippen molar-refractivity contribution in [2.24, 2.45) is 0 Å². The number of furan rings is 1. The normalized spacial score (nSPS) is 11.3. The maximum absolute atomic E-state index is 10.7. The summed E-state index contributed by atoms with van der Waals surface area (Å²) >= 11 is 0. The maximum atomic E-state index is 10.7. The number of carboxylic acid groups (broad SMARTS) is 1. The van der Waals surface area contributed by atoms with Crippen molar-refractivity contribution < 1.29 is 23.8 Å². The van der Waals surface area contributed by atoms with Gasteiger partial charge in [-0.2, -0.15) is 0 Å². The molecule has 0 aliphatic carbocycles. The largest absolute Gasteiger partial charge is 0.493 e. The third kappa shape index (κ3) is 3.25. The molecular formula is C16H16O5. The Labute approximate surface area is 122 Å². The average molecular weight is 288 g/mol. The SMILES string of the molecule is COc1ccc(-c2ccc(/C(C)=C/C(=O)O)o2)cc1OC. The Morgan fingerprint density at radius 3 is 2.48 bits per heavy atom. The Balaban J connectivity index is 2.36. The van der Waals surface area contributed by atoms with E-state index in [1.54, 1.807) is 45.4 Å². The summed E-state index contributed by atoms with van der Waals surface area (Å²) in [7, 11) is 3.14. The smallest absolute Gasteiger partial charge is 0.328 e. The molecule has 0 aliphatic heterocycles. The third-order valence-corrected chi connectivity index (χ3v) is 3.00. The fraction of sp³-hybridized carbons (Fsp3) is 0.188. The molecule has 1 N–H and O–H groups in total. The van der Waals surface area contributed by atoms with Crippen LogP contribution in [0.3, 0.4) is 0 Å². The first-order chi connectivity index (χ1) is 10.0. The van der Waals surface area contributed by atoms with Crippen LogP contribution in [0.25, 0.3) is 16.9 Å². The molecule has 0 saturated heterocycles. The molecule has 0 unspecified atom stereocenters. The van der Waals surface area contributed by atoms with E-state index >= 15 is 0 Å². The van der Waals surface area contributed by atoms with Crippen LogP contribution in [-0.2, 0) is 4.79 Å². The van der Waals surface area contributed by atoms with Gasteiger partial charge in [0.05, 0.1) is 14.2 Å². The Morgan fingerprint density at radius 2 is 1.86 bits per heavy atom. The lowest BCUT2D eigenvalue weighted by Crippen LogP contribution is -1.90. The number of carbonyl (C=O) groups is 1. The van der Waals surface area contributed by atoms with Gasteiger partial charge in [-0.1, -0.05) is 0 Å². The number of aliphatic carboxylic acids is 1. The number of hydrogen-bond acceptors (Lipinski definition) is 4. The van der Waals surface area contributed by atoms with Gasteiger partial charge >= 0.3 is 5.97 Å². The van der Waals surface area contributed by atoms with Gasteiger partial charge < -0.3 is 19.0 Å². The molecule has 0 radical (unpaired) electrons. The maximum Gasteiger partial charge on any atom is 0.328 e. The van der Waals surface area contributed by atoms with Gasteiger partial charge in [0, 0.05) is 11.6 Å². The topological polar surface area (TPSA) is 68.9 Å². The van der Waals surface area contributed by atoms with Crippen molar-refractivity contribution in [2.75, 3.05) is 14.2 Å². The van der Waals surface area contributed by atoms with Gasteiger partial charge in [-0.3, -0.25) is 0 Å². The predicted octanol–water partition coefficient (Wildman–Crippen LogP) is 3.45. The molecule has 0 saturated carbocycles. The van der Waals surface area contributed by atoms with Crippen LogP contribution >= 0.6 is 0 Å². The van der Waals surface area contributed by atoms with Gasteiger partial charge in [-0.15, -0.1) is 0 Å². The Kier molecular flexibility index (Phi) is 4.33. The highest BCUT2D eigenvalue weighted by atomic mass is 16.5. The Hall–Kier alpha value is -2.69. The molecular weight excluding hydrogens is 272 g/mol. The monoisotopic (exact) mass is 288 g/mol. The minimum atomic E-state index is -1.00. The first kappa shape index (κ1) is 14.7. The van der Waals surface area contributed by atoms with Crippen molar-refractivity contribution in [2.45, 2.75) is 6.92 Å². The molecule has 1 aromatic heterocycles. The van der Waals surface area contributed by atoms with Gasteiger partial charge in [0.15, 0.2) is 11.5 Å². The minimum absolute atomic E-state index is 0.516. The van der Waals surface area contributed by atoms with E-state index in [2.05, 4.69) is 0 Å². The van der Waals surface area contributed by atoms with Crippen molar-refractivity contribution in [3.05, 3.63) is 42.2 Å². The summed E-state index contributed by atoms with van der Waals surface area (Å²) in [5.74, 6) is 1.38. The molecule has 5 heteroatoms. The number of ether oxygens (including phenoxy) is 2. The molecule has 0 amide bonds. The van der Waals surface area contributed by atoms with E-state index in [4.69, 9.17) is 19.0 Å². The van der Waals surface area contributed by atoms with E-state index in [1.165, 1.54) is 0 Å². The number of hydrogen-bond donors (Lipinski definition) is 1. The van der Waals surface area contributed by atoms with Gasteiger partial charge in [0.2, 0.25) is 0 Å². The second kappa shape index (κ2) is 6.17. The Morgan fingerprint density at radius 1 is 1.14 bits per heavy atom. The van der Waals surface area contributed by atoms with Crippen LogP contribution in [0.1, 0.15) is 12.7 Å². The Bertz CT molecular complexity index is 682. The van der Waals surface area contributed by atoms with Crippen molar-refractivity contribution in [3.63, 3.8) is 0 Å². The molecule has 110 valence electrons. The number of allylic oxidation sites excluding steroid dienone is 1. The lowest BCUT2D eigenvalue weighted by Gasteiger charge is -2.08. The van der Waals surface area contributed by atoms with Crippen LogP contribution in [0.2, 0.25) is 0 Å². The van der Waals surface area contributed by atoms with Gasteiger partial charge in [-0.05, 0) is 42.8 Å². The highest BCUT2D eigenvalue weighted by Gasteiger charge is 2.10. The van der Waals surface area contributed by atoms with Gasteiger partial charge in [0.25, 0.3) is 0 Å². The predicted molar refractivity (Wildman–Crippen MR) is 78.5 cm³/mol. The van der Waals surface area contributed by atoms with Crippen LogP contribution in [0.5, 0.6) is 11.5 Å². The summed E-state index contributed by atoms with van der Waals surface area (Å²) in [6, 6.07) is 8.96. The van der Waals surface area contributed by atoms with Crippen molar-refractivity contribution in [1.29, 1.82) is 0 Å². The number of rotatable bonds is 5. The van der Waals surface area contributed by atoms with Crippen LogP contribution in [-0.4, -0.2) is 25.3 Å². The van der Waals surface area contributed by atoms with Gasteiger partial charge in [0.1, 0.15) is 11.5 Å². The van der Waals surface area contributed by atoms with E-state index in [1.807, 2.05) is 6.07 Å². The molecule has 0 bridgehead atoms. The molecule has 1 heterocycles. The molecule has 2 aromatic rings. The summed E-state index contributed by atoms with van der Waals surface area (Å²) in [6.45, 7) is 1.69. The zero-order valence-electron chi connectivity index (χ0n) is 12.0. The van der Waals surface area contributed by atoms with Crippen molar-refractivity contribution >= 4 is 11.5 Å².